The molecule has 0 bridgehead atoms. The highest BCUT2D eigenvalue weighted by Gasteiger charge is 2.26. The molecule has 0 saturated heterocycles. The molecule has 1 aliphatic carbocycles. The Kier molecular flexibility index (Phi) is 1.83. The second-order valence-electron chi connectivity index (χ2n) is 3.61. The van der Waals surface area contributed by atoms with Crippen molar-refractivity contribution in [2.45, 2.75) is 13.0 Å². The summed E-state index contributed by atoms with van der Waals surface area (Å²) in [5.41, 5.74) is 0.830. The summed E-state index contributed by atoms with van der Waals surface area (Å²) in [6.45, 7) is 1.61. The number of ketones is 1. The topological polar surface area (TPSA) is 20.3 Å². The standard InChI is InChI=1S/C11H13NO/c1-8(13)10-4-3-9-5-6-12(2)11(9)7-10/h3-7,9,11H,1-2H3. The predicted molar refractivity (Wildman–Crippen MR) is 52.1 cm³/mol. The second-order valence-corrected chi connectivity index (χ2v) is 3.61. The highest BCUT2D eigenvalue weighted by Crippen LogP contribution is 2.27. The van der Waals surface area contributed by atoms with Crippen LogP contribution in [0.25, 0.3) is 0 Å². The minimum atomic E-state index is 0.148. The van der Waals surface area contributed by atoms with E-state index in [9.17, 15) is 4.79 Å². The van der Waals surface area contributed by atoms with Gasteiger partial charge in [-0.2, -0.15) is 0 Å². The molecule has 0 aromatic heterocycles. The first-order valence-corrected chi connectivity index (χ1v) is 4.50. The Bertz CT molecular complexity index is 325. The van der Waals surface area contributed by atoms with Crippen LogP contribution < -0.4 is 0 Å². The van der Waals surface area contributed by atoms with Crippen LogP contribution in [0.2, 0.25) is 0 Å². The summed E-state index contributed by atoms with van der Waals surface area (Å²) in [7, 11) is 2.04. The van der Waals surface area contributed by atoms with E-state index in [1.165, 1.54) is 0 Å². The molecule has 2 aliphatic rings. The van der Waals surface area contributed by atoms with Crippen LogP contribution in [0.15, 0.2) is 36.1 Å². The number of Topliss-reactive ketones (excluding diaryl/α,β-unsaturated/α-hetero) is 1. The SMILES string of the molecule is CC(=O)C1=CC2C(C=C1)C=CN2C. The quantitative estimate of drug-likeness (QED) is 0.602. The number of likely N-dealkylation sites (N-methyl/N-ethyl adjacent to an activating group) is 1. The largest absolute Gasteiger partial charge is 0.373 e. The fourth-order valence-corrected chi connectivity index (χ4v) is 1.82. The molecule has 0 spiro atoms. The zero-order valence-electron chi connectivity index (χ0n) is 7.90. The van der Waals surface area contributed by atoms with Gasteiger partial charge in [0.1, 0.15) is 0 Å². The number of rotatable bonds is 1. The molecule has 0 N–H and O–H groups in total. The third-order valence-corrected chi connectivity index (χ3v) is 2.66. The average molecular weight is 175 g/mol. The van der Waals surface area contributed by atoms with E-state index < -0.39 is 0 Å². The molecule has 13 heavy (non-hydrogen) atoms. The molecule has 2 unspecified atom stereocenters. The monoisotopic (exact) mass is 175 g/mol. The van der Waals surface area contributed by atoms with Gasteiger partial charge >= 0.3 is 0 Å². The fourth-order valence-electron chi connectivity index (χ4n) is 1.82. The lowest BCUT2D eigenvalue weighted by Crippen LogP contribution is -2.28. The maximum Gasteiger partial charge on any atom is 0.159 e. The zero-order valence-corrected chi connectivity index (χ0v) is 7.90. The van der Waals surface area contributed by atoms with E-state index in [4.69, 9.17) is 0 Å². The van der Waals surface area contributed by atoms with Crippen LogP contribution in [0.1, 0.15) is 6.92 Å². The van der Waals surface area contributed by atoms with Gasteiger partial charge in [0.05, 0.1) is 6.04 Å². The molecular weight excluding hydrogens is 162 g/mol. The minimum absolute atomic E-state index is 0.148. The van der Waals surface area contributed by atoms with E-state index in [0.717, 1.165) is 5.57 Å². The van der Waals surface area contributed by atoms with Crippen LogP contribution in [-0.4, -0.2) is 23.8 Å². The number of carbonyl (C=O) groups excluding carboxylic acids is 1. The summed E-state index contributed by atoms with van der Waals surface area (Å²) >= 11 is 0. The third-order valence-electron chi connectivity index (χ3n) is 2.66. The Labute approximate surface area is 78.2 Å². The van der Waals surface area contributed by atoms with Gasteiger partial charge in [-0.3, -0.25) is 4.79 Å². The lowest BCUT2D eigenvalue weighted by Gasteiger charge is -2.24. The van der Waals surface area contributed by atoms with Crippen LogP contribution in [0.5, 0.6) is 0 Å². The van der Waals surface area contributed by atoms with Gasteiger partial charge in [-0.05, 0) is 13.1 Å². The van der Waals surface area contributed by atoms with Gasteiger partial charge in [-0.25, -0.2) is 0 Å². The Morgan fingerprint density at radius 1 is 1.46 bits per heavy atom. The summed E-state index contributed by atoms with van der Waals surface area (Å²) in [6, 6.07) is 0.351. The first-order valence-electron chi connectivity index (χ1n) is 4.50. The number of nitrogens with zero attached hydrogens (tertiary/aromatic N) is 1. The highest BCUT2D eigenvalue weighted by atomic mass is 16.1. The molecule has 1 heterocycles. The number of allylic oxidation sites excluding steroid dienone is 2. The van der Waals surface area contributed by atoms with Gasteiger partial charge in [0.15, 0.2) is 5.78 Å². The van der Waals surface area contributed by atoms with Crippen molar-refractivity contribution in [2.24, 2.45) is 5.92 Å². The van der Waals surface area contributed by atoms with E-state index in [2.05, 4.69) is 23.3 Å². The summed E-state index contributed by atoms with van der Waals surface area (Å²) in [6.07, 6.45) is 10.3. The maximum atomic E-state index is 11.1. The van der Waals surface area contributed by atoms with Gasteiger partial charge in [0.25, 0.3) is 0 Å². The summed E-state index contributed by atoms with van der Waals surface area (Å²) in [5, 5.41) is 0. The van der Waals surface area contributed by atoms with Crippen molar-refractivity contribution in [1.82, 2.24) is 4.90 Å². The molecule has 2 rings (SSSR count). The Balaban J connectivity index is 2.27. The number of hydrogen-bond acceptors (Lipinski definition) is 2. The number of carbonyl (C=O) groups is 1. The van der Waals surface area contributed by atoms with Gasteiger partial charge in [0, 0.05) is 18.5 Å². The van der Waals surface area contributed by atoms with E-state index >= 15 is 0 Å². The molecule has 0 amide bonds. The van der Waals surface area contributed by atoms with E-state index in [-0.39, 0.29) is 5.78 Å². The molecule has 0 saturated carbocycles. The molecule has 0 aromatic rings. The second kappa shape index (κ2) is 2.87. The van der Waals surface area contributed by atoms with Crippen molar-refractivity contribution in [3.8, 4) is 0 Å². The van der Waals surface area contributed by atoms with E-state index in [1.807, 2.05) is 19.2 Å². The summed E-state index contributed by atoms with van der Waals surface area (Å²) in [5.74, 6) is 0.600. The number of hydrogen-bond donors (Lipinski definition) is 0. The summed E-state index contributed by atoms with van der Waals surface area (Å²) in [4.78, 5) is 13.3. The van der Waals surface area contributed by atoms with Crippen LogP contribution in [0.3, 0.4) is 0 Å². The van der Waals surface area contributed by atoms with Crippen molar-refractivity contribution in [3.63, 3.8) is 0 Å². The van der Waals surface area contributed by atoms with Crippen LogP contribution in [-0.2, 0) is 4.79 Å². The van der Waals surface area contributed by atoms with E-state index in [1.54, 1.807) is 6.92 Å². The van der Waals surface area contributed by atoms with Crippen molar-refractivity contribution in [2.75, 3.05) is 7.05 Å². The predicted octanol–water partition coefficient (Wildman–Crippen LogP) is 1.52. The Morgan fingerprint density at radius 3 is 2.92 bits per heavy atom. The van der Waals surface area contributed by atoms with Gasteiger partial charge in [0.2, 0.25) is 0 Å². The molecule has 2 heteroatoms. The van der Waals surface area contributed by atoms with Crippen LogP contribution in [0.4, 0.5) is 0 Å². The zero-order chi connectivity index (χ0) is 9.42. The number of fused-ring (bicyclic) bond motifs is 1. The Hall–Kier alpha value is -1.31. The third kappa shape index (κ3) is 1.32. The van der Waals surface area contributed by atoms with Crippen molar-refractivity contribution in [1.29, 1.82) is 0 Å². The first-order chi connectivity index (χ1) is 6.18. The molecule has 68 valence electrons. The average Bonchev–Trinajstić information content (AvgIpc) is 2.47. The van der Waals surface area contributed by atoms with Gasteiger partial charge in [-0.15, -0.1) is 0 Å². The van der Waals surface area contributed by atoms with Gasteiger partial charge < -0.3 is 4.90 Å². The molecule has 2 atom stereocenters. The molecule has 0 fully saturated rings. The first kappa shape index (κ1) is 8.30. The Morgan fingerprint density at radius 2 is 2.23 bits per heavy atom. The fraction of sp³-hybridized carbons (Fsp3) is 0.364. The smallest absolute Gasteiger partial charge is 0.159 e. The van der Waals surface area contributed by atoms with Crippen molar-refractivity contribution in [3.05, 3.63) is 36.1 Å². The summed E-state index contributed by atoms with van der Waals surface area (Å²) < 4.78 is 0. The molecule has 2 nitrogen and oxygen atoms in total. The van der Waals surface area contributed by atoms with Gasteiger partial charge in [-0.1, -0.05) is 24.3 Å². The molecular formula is C11H13NO. The van der Waals surface area contributed by atoms with Crippen molar-refractivity contribution >= 4 is 5.78 Å². The van der Waals surface area contributed by atoms with E-state index in [0.29, 0.717) is 12.0 Å². The normalized spacial score (nSPS) is 30.3. The van der Waals surface area contributed by atoms with Crippen LogP contribution >= 0.6 is 0 Å². The molecule has 0 radical (unpaired) electrons. The minimum Gasteiger partial charge on any atom is -0.373 e. The maximum absolute atomic E-state index is 11.1. The lowest BCUT2D eigenvalue weighted by atomic mass is 9.92. The molecule has 0 aromatic carbocycles. The van der Waals surface area contributed by atoms with Crippen molar-refractivity contribution < 1.29 is 4.79 Å². The molecule has 1 aliphatic heterocycles. The highest BCUT2D eigenvalue weighted by molar-refractivity contribution is 5.96. The van der Waals surface area contributed by atoms with Crippen LogP contribution in [0, 0.1) is 5.92 Å². The lowest BCUT2D eigenvalue weighted by molar-refractivity contribution is -0.113.